The van der Waals surface area contributed by atoms with Crippen LogP contribution in [0.4, 0.5) is 5.69 Å². The molecule has 2 aromatic heterocycles. The van der Waals surface area contributed by atoms with Crippen LogP contribution in [0.2, 0.25) is 0 Å². The summed E-state index contributed by atoms with van der Waals surface area (Å²) < 4.78 is 7.18. The standard InChI is InChI=1S/C22H25N5O2S/c1-29-18-3-2-16(20-26-27-12-23-25-21(27)30-20)7-17(18)24-19(28)11-22-8-13-4-14(9-22)6-15(5-13)10-22/h2-3,7,12-15H,4-6,8-11H2,1H3,(H,24,28). The number of methoxy groups -OCH3 is 1. The monoisotopic (exact) mass is 423 g/mol. The molecule has 4 aliphatic carbocycles. The van der Waals surface area contributed by atoms with Gasteiger partial charge in [0.05, 0.1) is 12.8 Å². The smallest absolute Gasteiger partial charge is 0.234 e. The fraction of sp³-hybridized carbons (Fsp3) is 0.545. The van der Waals surface area contributed by atoms with Crippen LogP contribution in [0.1, 0.15) is 44.9 Å². The Balaban J connectivity index is 1.23. The summed E-state index contributed by atoms with van der Waals surface area (Å²) in [6, 6.07) is 5.79. The number of ether oxygens (including phenoxy) is 1. The van der Waals surface area contributed by atoms with Gasteiger partial charge in [0.2, 0.25) is 10.9 Å². The van der Waals surface area contributed by atoms with Crippen LogP contribution in [0.5, 0.6) is 5.75 Å². The van der Waals surface area contributed by atoms with E-state index in [1.807, 2.05) is 18.2 Å². The number of amides is 1. The summed E-state index contributed by atoms with van der Waals surface area (Å²) in [5.41, 5.74) is 1.85. The normalized spacial score (nSPS) is 29.4. The number of nitrogens with zero attached hydrogens (tertiary/aromatic N) is 4. The van der Waals surface area contributed by atoms with Crippen LogP contribution in [-0.2, 0) is 4.79 Å². The number of nitrogens with one attached hydrogen (secondary N) is 1. The first-order chi connectivity index (χ1) is 14.6. The molecule has 1 N–H and O–H groups in total. The predicted octanol–water partition coefficient (Wildman–Crippen LogP) is 4.41. The second kappa shape index (κ2) is 6.77. The number of fused-ring (bicyclic) bond motifs is 1. The molecule has 4 aliphatic rings. The van der Waals surface area contributed by atoms with Gasteiger partial charge in [-0.1, -0.05) is 11.3 Å². The van der Waals surface area contributed by atoms with E-state index in [-0.39, 0.29) is 11.3 Å². The maximum absolute atomic E-state index is 13.1. The molecule has 0 saturated heterocycles. The Bertz CT molecular complexity index is 1060. The van der Waals surface area contributed by atoms with Crippen molar-refractivity contribution in [3.05, 3.63) is 24.5 Å². The zero-order valence-electron chi connectivity index (χ0n) is 17.0. The Morgan fingerprint density at radius 1 is 1.23 bits per heavy atom. The lowest BCUT2D eigenvalue weighted by molar-refractivity contribution is -0.124. The number of rotatable bonds is 5. The lowest BCUT2D eigenvalue weighted by atomic mass is 9.49. The van der Waals surface area contributed by atoms with Crippen LogP contribution < -0.4 is 10.1 Å². The van der Waals surface area contributed by atoms with Gasteiger partial charge in [-0.05, 0) is 79.9 Å². The van der Waals surface area contributed by atoms with Crippen LogP contribution >= 0.6 is 11.3 Å². The fourth-order valence-corrected chi connectivity index (χ4v) is 7.47. The quantitative estimate of drug-likeness (QED) is 0.657. The van der Waals surface area contributed by atoms with Crippen molar-refractivity contribution in [3.8, 4) is 16.3 Å². The maximum atomic E-state index is 13.1. The van der Waals surface area contributed by atoms with Crippen molar-refractivity contribution in [1.29, 1.82) is 0 Å². The van der Waals surface area contributed by atoms with E-state index in [2.05, 4.69) is 20.6 Å². The first-order valence-electron chi connectivity index (χ1n) is 10.7. The molecule has 7 nitrogen and oxygen atoms in total. The second-order valence-electron chi connectivity index (χ2n) is 9.52. The number of aromatic nitrogens is 4. The zero-order valence-corrected chi connectivity index (χ0v) is 17.8. The summed E-state index contributed by atoms with van der Waals surface area (Å²) in [5, 5.41) is 16.4. The van der Waals surface area contributed by atoms with Crippen molar-refractivity contribution in [3.63, 3.8) is 0 Å². The summed E-state index contributed by atoms with van der Waals surface area (Å²) in [6.45, 7) is 0. The van der Waals surface area contributed by atoms with Gasteiger partial charge in [0.1, 0.15) is 17.1 Å². The van der Waals surface area contributed by atoms with Gasteiger partial charge in [-0.25, -0.2) is 0 Å². The Labute approximate surface area is 178 Å². The number of hydrogen-bond donors (Lipinski definition) is 1. The largest absolute Gasteiger partial charge is 0.495 e. The van der Waals surface area contributed by atoms with Gasteiger partial charge >= 0.3 is 0 Å². The van der Waals surface area contributed by atoms with Gasteiger partial charge in [-0.15, -0.1) is 10.2 Å². The molecular formula is C22H25N5O2S. The molecular weight excluding hydrogens is 398 g/mol. The van der Waals surface area contributed by atoms with Gasteiger partial charge in [-0.3, -0.25) is 4.79 Å². The van der Waals surface area contributed by atoms with Crippen LogP contribution in [0.3, 0.4) is 0 Å². The van der Waals surface area contributed by atoms with E-state index in [0.717, 1.165) is 33.3 Å². The molecule has 0 spiro atoms. The van der Waals surface area contributed by atoms with Crippen molar-refractivity contribution < 1.29 is 9.53 Å². The van der Waals surface area contributed by atoms with E-state index >= 15 is 0 Å². The van der Waals surface area contributed by atoms with Gasteiger partial charge < -0.3 is 10.1 Å². The number of benzene rings is 1. The van der Waals surface area contributed by atoms with Crippen molar-refractivity contribution >= 4 is 27.9 Å². The zero-order chi connectivity index (χ0) is 20.3. The van der Waals surface area contributed by atoms with Gasteiger partial charge in [0, 0.05) is 12.0 Å². The minimum Gasteiger partial charge on any atom is -0.495 e. The molecule has 3 aromatic rings. The van der Waals surface area contributed by atoms with Crippen LogP contribution in [0.25, 0.3) is 15.5 Å². The molecule has 0 unspecified atom stereocenters. The molecule has 4 fully saturated rings. The van der Waals surface area contributed by atoms with E-state index in [4.69, 9.17) is 4.74 Å². The molecule has 4 saturated carbocycles. The summed E-state index contributed by atoms with van der Waals surface area (Å²) in [5.74, 6) is 3.31. The summed E-state index contributed by atoms with van der Waals surface area (Å²) in [6.07, 6.45) is 10.1. The number of hydrogen-bond acceptors (Lipinski definition) is 6. The van der Waals surface area contributed by atoms with Gasteiger partial charge in [0.15, 0.2) is 0 Å². The summed E-state index contributed by atoms with van der Waals surface area (Å²) >= 11 is 1.47. The molecule has 0 aliphatic heterocycles. The van der Waals surface area contributed by atoms with Crippen molar-refractivity contribution in [2.75, 3.05) is 12.4 Å². The summed E-state index contributed by atoms with van der Waals surface area (Å²) in [7, 11) is 1.63. The highest BCUT2D eigenvalue weighted by molar-refractivity contribution is 7.19. The molecule has 2 heterocycles. The van der Waals surface area contributed by atoms with E-state index < -0.39 is 0 Å². The topological polar surface area (TPSA) is 81.4 Å². The molecule has 1 aromatic carbocycles. The first-order valence-corrected chi connectivity index (χ1v) is 11.6. The van der Waals surface area contributed by atoms with Crippen LogP contribution in [-0.4, -0.2) is 32.8 Å². The molecule has 7 rings (SSSR count). The third-order valence-electron chi connectivity index (χ3n) is 7.31. The minimum absolute atomic E-state index is 0.102. The SMILES string of the molecule is COc1ccc(-c2nn3cnnc3s2)cc1NC(=O)CC12CC3CC(CC(C3)C1)C2. The van der Waals surface area contributed by atoms with E-state index in [1.54, 1.807) is 18.0 Å². The number of carbonyl (C=O) groups excluding carboxylic acids is 1. The summed E-state index contributed by atoms with van der Waals surface area (Å²) in [4.78, 5) is 13.9. The molecule has 8 heteroatoms. The predicted molar refractivity (Wildman–Crippen MR) is 114 cm³/mol. The molecule has 1 amide bonds. The highest BCUT2D eigenvalue weighted by Gasteiger charge is 2.51. The van der Waals surface area contributed by atoms with E-state index in [1.165, 1.54) is 49.9 Å². The Morgan fingerprint density at radius 3 is 2.63 bits per heavy atom. The Kier molecular flexibility index (Phi) is 4.13. The molecule has 4 bridgehead atoms. The maximum Gasteiger partial charge on any atom is 0.234 e. The number of anilines is 1. The van der Waals surface area contributed by atoms with Crippen molar-refractivity contribution in [1.82, 2.24) is 19.8 Å². The Morgan fingerprint density at radius 2 is 1.97 bits per heavy atom. The lowest BCUT2D eigenvalue weighted by Crippen LogP contribution is -2.47. The van der Waals surface area contributed by atoms with Crippen LogP contribution in [0, 0.1) is 23.2 Å². The van der Waals surface area contributed by atoms with E-state index in [9.17, 15) is 4.79 Å². The third kappa shape index (κ3) is 3.09. The van der Waals surface area contributed by atoms with Crippen LogP contribution in [0.15, 0.2) is 24.5 Å². The molecule has 0 radical (unpaired) electrons. The molecule has 30 heavy (non-hydrogen) atoms. The fourth-order valence-electron chi connectivity index (χ4n) is 6.66. The van der Waals surface area contributed by atoms with E-state index in [0.29, 0.717) is 17.9 Å². The average molecular weight is 424 g/mol. The lowest BCUT2D eigenvalue weighted by Gasteiger charge is -2.56. The van der Waals surface area contributed by atoms with Gasteiger partial charge in [-0.2, -0.15) is 9.61 Å². The van der Waals surface area contributed by atoms with Crippen molar-refractivity contribution in [2.24, 2.45) is 23.2 Å². The van der Waals surface area contributed by atoms with Gasteiger partial charge in [0.25, 0.3) is 0 Å². The minimum atomic E-state index is 0.102. The highest BCUT2D eigenvalue weighted by atomic mass is 32.1. The van der Waals surface area contributed by atoms with Crippen molar-refractivity contribution in [2.45, 2.75) is 44.9 Å². The first kappa shape index (κ1) is 18.3. The highest BCUT2D eigenvalue weighted by Crippen LogP contribution is 2.61. The molecule has 156 valence electrons. The molecule has 0 atom stereocenters. The average Bonchev–Trinajstić information content (AvgIpc) is 3.28. The third-order valence-corrected chi connectivity index (χ3v) is 8.27. The number of carbonyl (C=O) groups is 1. The second-order valence-corrected chi connectivity index (χ2v) is 10.5. The Hall–Kier alpha value is -2.48.